The molecule has 0 saturated heterocycles. The number of nitrogens with one attached hydrogen (secondary N) is 1. The second-order valence-corrected chi connectivity index (χ2v) is 15.8. The maximum absolute atomic E-state index is 13.5. The van der Waals surface area contributed by atoms with E-state index in [1.165, 1.54) is 4.57 Å². The molecule has 8 heteroatoms. The van der Waals surface area contributed by atoms with Crippen molar-refractivity contribution in [1.29, 1.82) is 0 Å². The smallest absolute Gasteiger partial charge is 0.275 e. The van der Waals surface area contributed by atoms with E-state index in [0.29, 0.717) is 30.0 Å². The monoisotopic (exact) mass is 521 g/mol. The van der Waals surface area contributed by atoms with Crippen molar-refractivity contribution in [2.45, 2.75) is 71.8 Å². The first-order valence-corrected chi connectivity index (χ1v) is 15.6. The molecule has 0 fully saturated rings. The third-order valence-corrected chi connectivity index (χ3v) is 11.3. The highest BCUT2D eigenvalue weighted by molar-refractivity contribution is 6.74. The lowest BCUT2D eigenvalue weighted by atomic mass is 10.1. The van der Waals surface area contributed by atoms with Crippen molar-refractivity contribution in [2.24, 2.45) is 0 Å². The van der Waals surface area contributed by atoms with Gasteiger partial charge in [-0.25, -0.2) is 0 Å². The zero-order chi connectivity index (χ0) is 27.4. The van der Waals surface area contributed by atoms with Crippen LogP contribution in [0.3, 0.4) is 0 Å². The van der Waals surface area contributed by atoms with Crippen molar-refractivity contribution in [3.8, 4) is 28.8 Å². The lowest BCUT2D eigenvalue weighted by Gasteiger charge is -2.35. The van der Waals surface area contributed by atoms with Crippen LogP contribution in [0.15, 0.2) is 47.5 Å². The van der Waals surface area contributed by atoms with E-state index in [1.54, 1.807) is 17.6 Å². The summed E-state index contributed by atoms with van der Waals surface area (Å²) in [6, 6.07) is 9.18. The van der Waals surface area contributed by atoms with E-state index in [2.05, 4.69) is 51.0 Å². The average molecular weight is 522 g/mol. The minimum Gasteiger partial charge on any atom is -0.497 e. The van der Waals surface area contributed by atoms with Gasteiger partial charge in [-0.1, -0.05) is 32.6 Å². The molecule has 3 aromatic rings. The van der Waals surface area contributed by atoms with E-state index < -0.39 is 8.32 Å². The van der Waals surface area contributed by atoms with Crippen molar-refractivity contribution >= 4 is 19.7 Å². The number of fused-ring (bicyclic) bond motifs is 1. The molecular formula is C29H39N3O4Si. The third kappa shape index (κ3) is 6.94. The molecule has 0 aliphatic rings. The molecule has 0 saturated carbocycles. The van der Waals surface area contributed by atoms with Gasteiger partial charge in [-0.05, 0) is 62.3 Å². The standard InChI is InChI=1S/C29H39N3O4Si/c1-21(2)30-27(33)20-32-26(23-12-14-24(35-6)15-13-23)19-31-18-22(17-25(31)28(32)34)11-9-10-16-36-37(7,8)29(3,4)5/h12-15,17-19,21H,10,16,20H2,1-8H3,(H,30,33). The Bertz CT molecular complexity index is 1370. The number of amides is 1. The zero-order valence-corrected chi connectivity index (χ0v) is 24.3. The minimum atomic E-state index is -1.80. The molecule has 37 heavy (non-hydrogen) atoms. The third-order valence-electron chi connectivity index (χ3n) is 6.73. The molecule has 2 aromatic heterocycles. The largest absolute Gasteiger partial charge is 0.497 e. The van der Waals surface area contributed by atoms with E-state index in [9.17, 15) is 9.59 Å². The van der Waals surface area contributed by atoms with Crippen molar-refractivity contribution in [1.82, 2.24) is 14.3 Å². The first kappa shape index (κ1) is 28.3. The average Bonchev–Trinajstić information content (AvgIpc) is 3.22. The molecule has 2 heterocycles. The Morgan fingerprint density at radius 1 is 1.14 bits per heavy atom. The number of benzene rings is 1. The predicted octanol–water partition coefficient (Wildman–Crippen LogP) is 5.06. The molecule has 198 valence electrons. The summed E-state index contributed by atoms with van der Waals surface area (Å²) < 4.78 is 14.8. The number of hydrogen-bond donors (Lipinski definition) is 1. The quantitative estimate of drug-likeness (QED) is 0.255. The van der Waals surface area contributed by atoms with Gasteiger partial charge >= 0.3 is 0 Å². The van der Waals surface area contributed by atoms with Crippen LogP contribution in [0.4, 0.5) is 0 Å². The van der Waals surface area contributed by atoms with Gasteiger partial charge in [-0.3, -0.25) is 14.2 Å². The molecule has 0 bridgehead atoms. The highest BCUT2D eigenvalue weighted by atomic mass is 28.4. The number of methoxy groups -OCH3 is 1. The van der Waals surface area contributed by atoms with Crippen LogP contribution in [-0.2, 0) is 15.8 Å². The molecule has 0 aliphatic heterocycles. The minimum absolute atomic E-state index is 0.0211. The summed E-state index contributed by atoms with van der Waals surface area (Å²) in [5, 5.41) is 3.03. The Morgan fingerprint density at radius 3 is 2.41 bits per heavy atom. The number of nitrogens with zero attached hydrogens (tertiary/aromatic N) is 2. The number of hydrogen-bond acceptors (Lipinski definition) is 4. The van der Waals surface area contributed by atoms with Crippen LogP contribution in [-0.4, -0.2) is 43.0 Å². The van der Waals surface area contributed by atoms with Crippen LogP contribution in [0.2, 0.25) is 18.1 Å². The maximum Gasteiger partial charge on any atom is 0.275 e. The molecule has 0 radical (unpaired) electrons. The number of rotatable bonds is 8. The van der Waals surface area contributed by atoms with Gasteiger partial charge in [0, 0.05) is 42.6 Å². The summed E-state index contributed by atoms with van der Waals surface area (Å²) in [4.78, 5) is 26.1. The summed E-state index contributed by atoms with van der Waals surface area (Å²) in [7, 11) is -0.193. The van der Waals surface area contributed by atoms with Crippen LogP contribution < -0.4 is 15.6 Å². The summed E-state index contributed by atoms with van der Waals surface area (Å²) in [6.45, 7) is 15.4. The normalized spacial score (nSPS) is 11.9. The van der Waals surface area contributed by atoms with Crippen molar-refractivity contribution in [2.75, 3.05) is 13.7 Å². The lowest BCUT2D eigenvalue weighted by Crippen LogP contribution is -2.40. The Hall–Kier alpha value is -3.28. The molecule has 1 amide bonds. The van der Waals surface area contributed by atoms with Crippen molar-refractivity contribution < 1.29 is 14.0 Å². The van der Waals surface area contributed by atoms with E-state index >= 15 is 0 Å². The van der Waals surface area contributed by atoms with E-state index in [4.69, 9.17) is 9.16 Å². The highest BCUT2D eigenvalue weighted by Crippen LogP contribution is 2.36. The van der Waals surface area contributed by atoms with Crippen molar-refractivity contribution in [3.05, 3.63) is 58.6 Å². The Balaban J connectivity index is 1.93. The molecule has 1 N–H and O–H groups in total. The van der Waals surface area contributed by atoms with Crippen LogP contribution in [0.1, 0.15) is 46.6 Å². The second kappa shape index (κ2) is 11.4. The lowest BCUT2D eigenvalue weighted by molar-refractivity contribution is -0.122. The molecule has 0 unspecified atom stereocenters. The summed E-state index contributed by atoms with van der Waals surface area (Å²) in [6.07, 6.45) is 4.34. The van der Waals surface area contributed by atoms with Crippen LogP contribution in [0.25, 0.3) is 16.8 Å². The van der Waals surface area contributed by atoms with Gasteiger partial charge < -0.3 is 18.9 Å². The molecule has 1 aromatic carbocycles. The summed E-state index contributed by atoms with van der Waals surface area (Å²) in [5.41, 5.74) is 2.41. The summed E-state index contributed by atoms with van der Waals surface area (Å²) in [5.74, 6) is 6.85. The fraction of sp³-hybridized carbons (Fsp3) is 0.448. The van der Waals surface area contributed by atoms with Gasteiger partial charge in [-0.2, -0.15) is 0 Å². The molecule has 0 aliphatic carbocycles. The second-order valence-electron chi connectivity index (χ2n) is 11.0. The van der Waals surface area contributed by atoms with E-state index in [0.717, 1.165) is 11.1 Å². The Kier molecular flexibility index (Phi) is 8.72. The highest BCUT2D eigenvalue weighted by Gasteiger charge is 2.36. The van der Waals surface area contributed by atoms with Gasteiger partial charge in [0.1, 0.15) is 17.8 Å². The number of carbonyl (C=O) groups excluding carboxylic acids is 1. The van der Waals surface area contributed by atoms with E-state index in [1.807, 2.05) is 50.5 Å². The Morgan fingerprint density at radius 2 is 1.81 bits per heavy atom. The topological polar surface area (TPSA) is 74.0 Å². The number of ether oxygens (including phenoxy) is 1. The van der Waals surface area contributed by atoms with Gasteiger partial charge in [0.15, 0.2) is 8.32 Å². The Labute approximate surface area is 220 Å². The van der Waals surface area contributed by atoms with Gasteiger partial charge in [0.05, 0.1) is 12.8 Å². The van der Waals surface area contributed by atoms with Crippen molar-refractivity contribution in [3.63, 3.8) is 0 Å². The molecule has 7 nitrogen and oxygen atoms in total. The van der Waals surface area contributed by atoms with Gasteiger partial charge in [0.2, 0.25) is 5.91 Å². The number of aromatic nitrogens is 2. The fourth-order valence-corrected chi connectivity index (χ4v) is 4.72. The van der Waals surface area contributed by atoms with Crippen LogP contribution in [0, 0.1) is 11.8 Å². The molecular weight excluding hydrogens is 482 g/mol. The molecule has 0 atom stereocenters. The molecule has 0 spiro atoms. The van der Waals surface area contributed by atoms with Crippen LogP contribution in [0.5, 0.6) is 5.75 Å². The van der Waals surface area contributed by atoms with Gasteiger partial charge in [0.25, 0.3) is 5.56 Å². The fourth-order valence-electron chi connectivity index (χ4n) is 3.67. The molecule has 3 rings (SSSR count). The predicted molar refractivity (Wildman–Crippen MR) is 152 cm³/mol. The zero-order valence-electron chi connectivity index (χ0n) is 23.3. The summed E-state index contributed by atoms with van der Waals surface area (Å²) >= 11 is 0. The van der Waals surface area contributed by atoms with Gasteiger partial charge in [-0.15, -0.1) is 0 Å². The SMILES string of the molecule is COc1ccc(-c2cn3cc(C#CCCO[Si](C)(C)C(C)(C)C)cc3c(=O)n2CC(=O)NC(C)C)cc1. The number of carbonyl (C=O) groups is 1. The van der Waals surface area contributed by atoms with Crippen LogP contribution >= 0.6 is 0 Å². The first-order chi connectivity index (χ1) is 17.3. The maximum atomic E-state index is 13.5. The first-order valence-electron chi connectivity index (χ1n) is 12.6. The van der Waals surface area contributed by atoms with E-state index in [-0.39, 0.29) is 29.1 Å².